The van der Waals surface area contributed by atoms with Crippen LogP contribution < -0.4 is 5.73 Å². The van der Waals surface area contributed by atoms with Gasteiger partial charge in [-0.3, -0.25) is 0 Å². The summed E-state index contributed by atoms with van der Waals surface area (Å²) in [5.74, 6) is 2.02. The number of aromatic nitrogens is 2. The second kappa shape index (κ2) is 5.83. The number of rotatable bonds is 4. The summed E-state index contributed by atoms with van der Waals surface area (Å²) in [5, 5.41) is 0. The zero-order valence-corrected chi connectivity index (χ0v) is 13.7. The molecule has 1 aromatic heterocycles. The molecule has 20 heavy (non-hydrogen) atoms. The van der Waals surface area contributed by atoms with Crippen LogP contribution in [0.15, 0.2) is 35.3 Å². The third-order valence-electron chi connectivity index (χ3n) is 3.30. The highest BCUT2D eigenvalue weighted by molar-refractivity contribution is 9.10. The first-order valence-corrected chi connectivity index (χ1v) is 7.48. The first-order chi connectivity index (χ1) is 9.45. The summed E-state index contributed by atoms with van der Waals surface area (Å²) < 4.78 is 3.12. The maximum Gasteiger partial charge on any atom is 0.132 e. The molecule has 0 aliphatic heterocycles. The first kappa shape index (κ1) is 14.9. The van der Waals surface area contributed by atoms with Gasteiger partial charge in [-0.25, -0.2) is 4.98 Å². The Kier molecular flexibility index (Phi) is 4.33. The van der Waals surface area contributed by atoms with Gasteiger partial charge in [-0.15, -0.1) is 6.58 Å². The lowest BCUT2D eigenvalue weighted by Gasteiger charge is -2.09. The Morgan fingerprint density at radius 1 is 1.45 bits per heavy atom. The molecule has 2 N–H and O–H groups in total. The summed E-state index contributed by atoms with van der Waals surface area (Å²) >= 11 is 3.52. The number of benzene rings is 1. The van der Waals surface area contributed by atoms with Crippen LogP contribution in [0.2, 0.25) is 0 Å². The highest BCUT2D eigenvalue weighted by Crippen LogP contribution is 2.31. The number of anilines is 1. The number of allylic oxidation sites excluding steroid dienone is 1. The van der Waals surface area contributed by atoms with Gasteiger partial charge in [-0.2, -0.15) is 0 Å². The van der Waals surface area contributed by atoms with Gasteiger partial charge in [-0.1, -0.05) is 41.9 Å². The highest BCUT2D eigenvalue weighted by atomic mass is 79.9. The van der Waals surface area contributed by atoms with E-state index < -0.39 is 0 Å². The molecule has 0 unspecified atom stereocenters. The Morgan fingerprint density at radius 3 is 2.70 bits per heavy atom. The van der Waals surface area contributed by atoms with E-state index in [1.54, 1.807) is 0 Å². The molecule has 1 aromatic carbocycles. The Bertz CT molecular complexity index is 641. The van der Waals surface area contributed by atoms with Crippen LogP contribution in [0.25, 0.3) is 11.3 Å². The number of nitrogens with two attached hydrogens (primary N) is 1. The monoisotopic (exact) mass is 333 g/mol. The average molecular weight is 334 g/mol. The van der Waals surface area contributed by atoms with Gasteiger partial charge in [0.15, 0.2) is 0 Å². The van der Waals surface area contributed by atoms with Crippen molar-refractivity contribution in [2.45, 2.75) is 33.2 Å². The van der Waals surface area contributed by atoms with Crippen LogP contribution in [0.4, 0.5) is 5.82 Å². The lowest BCUT2D eigenvalue weighted by Crippen LogP contribution is -2.07. The van der Waals surface area contributed by atoms with Gasteiger partial charge < -0.3 is 10.3 Å². The minimum Gasteiger partial charge on any atom is -0.383 e. The van der Waals surface area contributed by atoms with Crippen LogP contribution in [-0.4, -0.2) is 9.55 Å². The van der Waals surface area contributed by atoms with Gasteiger partial charge in [-0.05, 0) is 24.6 Å². The van der Waals surface area contributed by atoms with E-state index in [9.17, 15) is 0 Å². The Hall–Kier alpha value is -1.55. The van der Waals surface area contributed by atoms with E-state index in [0.29, 0.717) is 18.3 Å². The fourth-order valence-electron chi connectivity index (χ4n) is 2.25. The van der Waals surface area contributed by atoms with E-state index in [-0.39, 0.29) is 0 Å². The SMILES string of the molecule is C=CCn1c(C(C)C)nc(-c2ccc(Br)c(C)c2)c1N. The molecule has 2 aromatic rings. The number of aryl methyl sites for hydroxylation is 1. The Balaban J connectivity index is 2.59. The smallest absolute Gasteiger partial charge is 0.132 e. The summed E-state index contributed by atoms with van der Waals surface area (Å²) in [5.41, 5.74) is 9.36. The third-order valence-corrected chi connectivity index (χ3v) is 4.19. The van der Waals surface area contributed by atoms with Crippen LogP contribution in [0.1, 0.15) is 31.2 Å². The fourth-order valence-corrected chi connectivity index (χ4v) is 2.50. The average Bonchev–Trinajstić information content (AvgIpc) is 2.72. The van der Waals surface area contributed by atoms with Crippen molar-refractivity contribution >= 4 is 21.7 Å². The van der Waals surface area contributed by atoms with E-state index in [1.165, 1.54) is 5.56 Å². The molecule has 0 saturated carbocycles. The summed E-state index contributed by atoms with van der Waals surface area (Å²) in [6.07, 6.45) is 1.85. The zero-order valence-electron chi connectivity index (χ0n) is 12.2. The van der Waals surface area contributed by atoms with Crippen molar-refractivity contribution in [3.63, 3.8) is 0 Å². The van der Waals surface area contributed by atoms with Crippen molar-refractivity contribution < 1.29 is 0 Å². The van der Waals surface area contributed by atoms with Crippen molar-refractivity contribution in [1.29, 1.82) is 0 Å². The fraction of sp³-hybridized carbons (Fsp3) is 0.312. The Labute approximate surface area is 128 Å². The summed E-state index contributed by atoms with van der Waals surface area (Å²) in [6.45, 7) is 10.8. The third kappa shape index (κ3) is 2.66. The van der Waals surface area contributed by atoms with E-state index >= 15 is 0 Å². The molecule has 0 saturated heterocycles. The van der Waals surface area contributed by atoms with Crippen LogP contribution >= 0.6 is 15.9 Å². The molecular formula is C16H20BrN3. The van der Waals surface area contributed by atoms with Crippen LogP contribution in [-0.2, 0) is 6.54 Å². The number of hydrogen-bond acceptors (Lipinski definition) is 2. The van der Waals surface area contributed by atoms with Crippen LogP contribution in [0, 0.1) is 6.92 Å². The molecule has 0 aliphatic rings. The van der Waals surface area contributed by atoms with Crippen molar-refractivity contribution in [3.8, 4) is 11.3 Å². The van der Waals surface area contributed by atoms with Crippen molar-refractivity contribution in [3.05, 3.63) is 46.7 Å². The van der Waals surface area contributed by atoms with Gasteiger partial charge in [0, 0.05) is 22.5 Å². The second-order valence-corrected chi connectivity index (χ2v) is 6.08. The van der Waals surface area contributed by atoms with Crippen LogP contribution in [0.3, 0.4) is 0 Å². The van der Waals surface area contributed by atoms with Crippen molar-refractivity contribution in [2.24, 2.45) is 0 Å². The van der Waals surface area contributed by atoms with E-state index in [1.807, 2.05) is 22.8 Å². The van der Waals surface area contributed by atoms with Gasteiger partial charge in [0.2, 0.25) is 0 Å². The minimum absolute atomic E-state index is 0.322. The van der Waals surface area contributed by atoms with Crippen LogP contribution in [0.5, 0.6) is 0 Å². The summed E-state index contributed by atoms with van der Waals surface area (Å²) in [4.78, 5) is 4.74. The topological polar surface area (TPSA) is 43.8 Å². The molecule has 0 aliphatic carbocycles. The Morgan fingerprint density at radius 2 is 2.15 bits per heavy atom. The standard InChI is InChI=1S/C16H20BrN3/c1-5-8-20-15(18)14(19-16(20)10(2)3)12-6-7-13(17)11(4)9-12/h5-7,9-10H,1,8,18H2,2-4H3. The largest absolute Gasteiger partial charge is 0.383 e. The molecule has 0 amide bonds. The molecule has 0 atom stereocenters. The maximum absolute atomic E-state index is 6.29. The van der Waals surface area contributed by atoms with Crippen molar-refractivity contribution in [1.82, 2.24) is 9.55 Å². The summed E-state index contributed by atoms with van der Waals surface area (Å²) in [6, 6.07) is 6.18. The van der Waals surface area contributed by atoms with E-state index in [0.717, 1.165) is 21.6 Å². The number of nitrogen functional groups attached to an aromatic ring is 1. The van der Waals surface area contributed by atoms with Gasteiger partial charge in [0.05, 0.1) is 0 Å². The highest BCUT2D eigenvalue weighted by Gasteiger charge is 2.17. The minimum atomic E-state index is 0.322. The second-order valence-electron chi connectivity index (χ2n) is 5.22. The molecule has 4 heteroatoms. The molecule has 0 fully saturated rings. The molecule has 0 radical (unpaired) electrons. The van der Waals surface area contributed by atoms with E-state index in [2.05, 4.69) is 49.3 Å². The number of hydrogen-bond donors (Lipinski definition) is 1. The molecule has 2 rings (SSSR count). The summed E-state index contributed by atoms with van der Waals surface area (Å²) in [7, 11) is 0. The molecule has 106 valence electrons. The number of nitrogens with zero attached hydrogens (tertiary/aromatic N) is 2. The lowest BCUT2D eigenvalue weighted by atomic mass is 10.1. The molecule has 0 bridgehead atoms. The van der Waals surface area contributed by atoms with Gasteiger partial charge in [0.1, 0.15) is 17.3 Å². The maximum atomic E-state index is 6.29. The van der Waals surface area contributed by atoms with Crippen molar-refractivity contribution in [2.75, 3.05) is 5.73 Å². The molecule has 0 spiro atoms. The zero-order chi connectivity index (χ0) is 14.9. The van der Waals surface area contributed by atoms with Gasteiger partial charge in [0.25, 0.3) is 0 Å². The number of imidazole rings is 1. The lowest BCUT2D eigenvalue weighted by molar-refractivity contribution is 0.684. The number of halogens is 1. The molecule has 1 heterocycles. The van der Waals surface area contributed by atoms with E-state index in [4.69, 9.17) is 10.7 Å². The first-order valence-electron chi connectivity index (χ1n) is 6.69. The molecule has 3 nitrogen and oxygen atoms in total. The quantitative estimate of drug-likeness (QED) is 0.836. The normalized spacial score (nSPS) is 11.1. The predicted molar refractivity (Wildman–Crippen MR) is 88.8 cm³/mol. The molecular weight excluding hydrogens is 314 g/mol. The predicted octanol–water partition coefficient (Wildman–Crippen LogP) is 4.51. The van der Waals surface area contributed by atoms with Gasteiger partial charge >= 0.3 is 0 Å².